The Morgan fingerprint density at radius 2 is 2.19 bits per heavy atom. The Morgan fingerprint density at radius 1 is 1.50 bits per heavy atom. The van der Waals surface area contributed by atoms with Crippen LogP contribution in [0, 0.1) is 0 Å². The van der Waals surface area contributed by atoms with Crippen molar-refractivity contribution in [1.82, 2.24) is 4.98 Å². The molecular formula is C13H21NO2. The molecule has 0 unspecified atom stereocenters. The summed E-state index contributed by atoms with van der Waals surface area (Å²) in [5.74, 6) is 0.160. The van der Waals surface area contributed by atoms with Crippen LogP contribution in [0.1, 0.15) is 61.3 Å². The summed E-state index contributed by atoms with van der Waals surface area (Å²) in [6, 6.07) is 1.92. The van der Waals surface area contributed by atoms with E-state index in [1.54, 1.807) is 0 Å². The summed E-state index contributed by atoms with van der Waals surface area (Å²) >= 11 is 0. The fraction of sp³-hybridized carbons (Fsp3) is 0.615. The minimum Gasteiger partial charge on any atom is -0.465 e. The van der Waals surface area contributed by atoms with Crippen molar-refractivity contribution in [3.05, 3.63) is 23.0 Å². The van der Waals surface area contributed by atoms with Crippen LogP contribution in [0.25, 0.3) is 0 Å². The molecule has 0 amide bonds. The highest BCUT2D eigenvalue weighted by molar-refractivity contribution is 5.91. The summed E-state index contributed by atoms with van der Waals surface area (Å²) < 4.78 is 4.79. The zero-order valence-electron chi connectivity index (χ0n) is 10.6. The van der Waals surface area contributed by atoms with Crippen molar-refractivity contribution in [2.75, 3.05) is 7.11 Å². The number of aromatic amines is 1. The number of rotatable bonds is 5. The number of unbranched alkanes of at least 4 members (excludes halogenated alkanes) is 1. The molecular weight excluding hydrogens is 202 g/mol. The van der Waals surface area contributed by atoms with Crippen LogP contribution in [0.15, 0.2) is 6.07 Å². The van der Waals surface area contributed by atoms with Gasteiger partial charge in [0.05, 0.1) is 12.7 Å². The Labute approximate surface area is 97.2 Å². The molecule has 1 rings (SSSR count). The van der Waals surface area contributed by atoms with Gasteiger partial charge >= 0.3 is 5.97 Å². The van der Waals surface area contributed by atoms with Crippen LogP contribution in [0.2, 0.25) is 0 Å². The first-order chi connectivity index (χ1) is 7.60. The van der Waals surface area contributed by atoms with Crippen molar-refractivity contribution >= 4 is 5.97 Å². The normalized spacial score (nSPS) is 10.8. The molecule has 90 valence electrons. The molecule has 0 aliphatic heterocycles. The highest BCUT2D eigenvalue weighted by Gasteiger charge is 2.16. The van der Waals surface area contributed by atoms with Crippen LogP contribution in [-0.4, -0.2) is 18.1 Å². The molecule has 3 nitrogen and oxygen atoms in total. The number of carbonyl (C=O) groups is 1. The average Bonchev–Trinajstić information content (AvgIpc) is 2.69. The van der Waals surface area contributed by atoms with Gasteiger partial charge in [0.25, 0.3) is 0 Å². The van der Waals surface area contributed by atoms with Crippen molar-refractivity contribution in [3.8, 4) is 0 Å². The van der Waals surface area contributed by atoms with E-state index >= 15 is 0 Å². The molecule has 1 aromatic rings. The number of ether oxygens (including phenoxy) is 1. The maximum atomic E-state index is 11.6. The number of aryl methyl sites for hydroxylation is 1. The maximum Gasteiger partial charge on any atom is 0.339 e. The quantitative estimate of drug-likeness (QED) is 0.778. The molecule has 0 aliphatic rings. The molecule has 0 radical (unpaired) electrons. The Kier molecular flexibility index (Phi) is 4.59. The van der Waals surface area contributed by atoms with Gasteiger partial charge in [-0.15, -0.1) is 0 Å². The lowest BCUT2D eigenvalue weighted by atomic mass is 10.1. The lowest BCUT2D eigenvalue weighted by Gasteiger charge is -2.01. The summed E-state index contributed by atoms with van der Waals surface area (Å²) in [5, 5.41) is 0. The third-order valence-electron chi connectivity index (χ3n) is 2.73. The maximum absolute atomic E-state index is 11.6. The number of carbonyl (C=O) groups excluding carboxylic acids is 1. The molecule has 3 heteroatoms. The molecule has 16 heavy (non-hydrogen) atoms. The highest BCUT2D eigenvalue weighted by Crippen LogP contribution is 2.20. The number of H-pyrrole nitrogens is 1. The van der Waals surface area contributed by atoms with Crippen molar-refractivity contribution in [1.29, 1.82) is 0 Å². The number of nitrogens with one attached hydrogen (secondary N) is 1. The van der Waals surface area contributed by atoms with Gasteiger partial charge < -0.3 is 9.72 Å². The monoisotopic (exact) mass is 223 g/mol. The summed E-state index contributed by atoms with van der Waals surface area (Å²) in [4.78, 5) is 14.9. The first-order valence-electron chi connectivity index (χ1n) is 5.90. The van der Waals surface area contributed by atoms with E-state index in [0.717, 1.165) is 30.7 Å². The van der Waals surface area contributed by atoms with Gasteiger partial charge in [0, 0.05) is 11.4 Å². The lowest BCUT2D eigenvalue weighted by Crippen LogP contribution is -2.03. The Morgan fingerprint density at radius 3 is 2.69 bits per heavy atom. The van der Waals surface area contributed by atoms with E-state index in [9.17, 15) is 4.79 Å². The summed E-state index contributed by atoms with van der Waals surface area (Å²) in [7, 11) is 1.42. The number of methoxy groups -OCH3 is 1. The van der Waals surface area contributed by atoms with Crippen LogP contribution in [0.4, 0.5) is 0 Å². The fourth-order valence-corrected chi connectivity index (χ4v) is 1.67. The Bertz CT molecular complexity index is 353. The van der Waals surface area contributed by atoms with Crippen LogP contribution in [0.3, 0.4) is 0 Å². The second-order valence-corrected chi connectivity index (χ2v) is 4.37. The standard InChI is InChI=1S/C13H21NO2/c1-5-6-7-11-10(13(15)16-4)8-12(14-11)9(2)3/h8-9,14H,5-7H2,1-4H3. The number of hydrogen-bond acceptors (Lipinski definition) is 2. The minimum atomic E-state index is -0.241. The van der Waals surface area contributed by atoms with Crippen molar-refractivity contribution in [2.24, 2.45) is 0 Å². The smallest absolute Gasteiger partial charge is 0.339 e. The number of aromatic nitrogens is 1. The van der Waals surface area contributed by atoms with E-state index in [2.05, 4.69) is 25.8 Å². The third kappa shape index (κ3) is 2.87. The van der Waals surface area contributed by atoms with E-state index in [0.29, 0.717) is 11.5 Å². The fourth-order valence-electron chi connectivity index (χ4n) is 1.67. The molecule has 0 aliphatic carbocycles. The molecule has 1 heterocycles. The molecule has 0 saturated carbocycles. The van der Waals surface area contributed by atoms with E-state index < -0.39 is 0 Å². The van der Waals surface area contributed by atoms with Gasteiger partial charge in [-0.05, 0) is 24.8 Å². The number of esters is 1. The second-order valence-electron chi connectivity index (χ2n) is 4.37. The zero-order valence-corrected chi connectivity index (χ0v) is 10.6. The van der Waals surface area contributed by atoms with Crippen molar-refractivity contribution in [3.63, 3.8) is 0 Å². The van der Waals surface area contributed by atoms with E-state index in [1.807, 2.05) is 6.07 Å². The van der Waals surface area contributed by atoms with E-state index in [-0.39, 0.29) is 5.97 Å². The highest BCUT2D eigenvalue weighted by atomic mass is 16.5. The molecule has 0 bridgehead atoms. The van der Waals surface area contributed by atoms with Gasteiger partial charge in [-0.1, -0.05) is 27.2 Å². The van der Waals surface area contributed by atoms with E-state index in [1.165, 1.54) is 7.11 Å². The predicted molar refractivity (Wildman–Crippen MR) is 64.8 cm³/mol. The number of hydrogen-bond donors (Lipinski definition) is 1. The van der Waals surface area contributed by atoms with Gasteiger partial charge in [0.1, 0.15) is 0 Å². The predicted octanol–water partition coefficient (Wildman–Crippen LogP) is 3.27. The summed E-state index contributed by atoms with van der Waals surface area (Å²) in [5.41, 5.74) is 2.81. The summed E-state index contributed by atoms with van der Waals surface area (Å²) in [6.45, 7) is 6.36. The van der Waals surface area contributed by atoms with E-state index in [4.69, 9.17) is 4.74 Å². The molecule has 0 aromatic carbocycles. The van der Waals surface area contributed by atoms with Gasteiger partial charge in [0.15, 0.2) is 0 Å². The van der Waals surface area contributed by atoms with Gasteiger partial charge in [-0.2, -0.15) is 0 Å². The summed E-state index contributed by atoms with van der Waals surface area (Å²) in [6.07, 6.45) is 3.12. The molecule has 1 aromatic heterocycles. The first-order valence-corrected chi connectivity index (χ1v) is 5.90. The van der Waals surface area contributed by atoms with Crippen LogP contribution in [0.5, 0.6) is 0 Å². The molecule has 0 atom stereocenters. The van der Waals surface area contributed by atoms with Crippen molar-refractivity contribution < 1.29 is 9.53 Å². The molecule has 0 saturated heterocycles. The Balaban J connectivity index is 2.97. The average molecular weight is 223 g/mol. The molecule has 0 fully saturated rings. The zero-order chi connectivity index (χ0) is 12.1. The Hall–Kier alpha value is -1.25. The van der Waals surface area contributed by atoms with Gasteiger partial charge in [-0.3, -0.25) is 0 Å². The van der Waals surface area contributed by atoms with Crippen LogP contribution >= 0.6 is 0 Å². The SMILES string of the molecule is CCCCc1[nH]c(C(C)C)cc1C(=O)OC. The third-order valence-corrected chi connectivity index (χ3v) is 2.73. The topological polar surface area (TPSA) is 42.1 Å². The van der Waals surface area contributed by atoms with Crippen LogP contribution in [-0.2, 0) is 11.2 Å². The minimum absolute atomic E-state index is 0.241. The lowest BCUT2D eigenvalue weighted by molar-refractivity contribution is 0.0599. The first kappa shape index (κ1) is 12.8. The van der Waals surface area contributed by atoms with Crippen molar-refractivity contribution in [2.45, 2.75) is 46.0 Å². The molecule has 0 spiro atoms. The van der Waals surface area contributed by atoms with Gasteiger partial charge in [-0.25, -0.2) is 4.79 Å². The van der Waals surface area contributed by atoms with Gasteiger partial charge in [0.2, 0.25) is 0 Å². The molecule has 1 N–H and O–H groups in total. The van der Waals surface area contributed by atoms with Crippen LogP contribution < -0.4 is 0 Å². The second kappa shape index (κ2) is 5.73. The largest absolute Gasteiger partial charge is 0.465 e.